The molecule has 416 valence electrons. The van der Waals surface area contributed by atoms with E-state index >= 15 is 0 Å². The fraction of sp³-hybridized carbons (Fsp3) is 0.947. The molecule has 1 fully saturated rings. The second-order valence-corrected chi connectivity index (χ2v) is 22.0. The molecule has 1 aliphatic rings. The quantitative estimate of drug-likeness (QED) is 0.0193. The molecule has 12 nitrogen and oxygen atoms in total. The summed E-state index contributed by atoms with van der Waals surface area (Å²) in [7, 11) is -5.08. The van der Waals surface area contributed by atoms with E-state index in [0.29, 0.717) is 12.8 Å². The molecule has 7 unspecified atom stereocenters. The normalized spacial score (nSPS) is 19.6. The minimum Gasteiger partial charge on any atom is -0.394 e. The topological polar surface area (TPSA) is 192 Å². The van der Waals surface area contributed by atoms with Crippen LogP contribution in [0.5, 0.6) is 0 Å². The van der Waals surface area contributed by atoms with Gasteiger partial charge in [-0.05, 0) is 38.5 Å². The van der Waals surface area contributed by atoms with Crippen LogP contribution in [0.25, 0.3) is 0 Å². The Labute approximate surface area is 430 Å². The maximum atomic E-state index is 13.1. The number of carbonyl (C=O) groups excluding carboxylic acids is 1. The number of unbranched alkanes of at least 4 members (excludes halogenated alkanes) is 38. The number of amides is 1. The van der Waals surface area contributed by atoms with Crippen molar-refractivity contribution in [1.82, 2.24) is 5.32 Å². The number of hydrogen-bond donors (Lipinski definition) is 6. The van der Waals surface area contributed by atoms with Crippen LogP contribution in [-0.4, -0.2) is 95.4 Å². The Balaban J connectivity index is 2.30. The lowest BCUT2D eigenvalue weighted by atomic mass is 9.99. The average Bonchev–Trinajstić information content (AvgIpc) is 3.33. The highest BCUT2D eigenvalue weighted by Gasteiger charge is 2.48. The van der Waals surface area contributed by atoms with Gasteiger partial charge in [0.25, 0.3) is 0 Å². The van der Waals surface area contributed by atoms with E-state index in [1.807, 2.05) is 0 Å². The van der Waals surface area contributed by atoms with Crippen molar-refractivity contribution in [3.8, 4) is 0 Å². The molecule has 0 saturated carbocycles. The predicted octanol–water partition coefficient (Wildman–Crippen LogP) is 13.8. The minimum atomic E-state index is -5.08. The molecule has 0 spiro atoms. The Morgan fingerprint density at radius 2 is 0.914 bits per heavy atom. The monoisotopic (exact) mass is 1020 g/mol. The third kappa shape index (κ3) is 39.3. The van der Waals surface area contributed by atoms with Gasteiger partial charge >= 0.3 is 10.4 Å². The standard InChI is InChI=1S/C57H111NO11S/c1-3-5-7-9-11-13-15-17-19-21-22-23-24-25-26-27-28-29-30-31-33-35-37-39-41-43-45-47-53(61)58-50(49-67-57-55(63)56(69-70(64,65)66)54(62)52(48-59)68-57)51(60)46-44-42-40-38-36-34-32-20-18-16-14-12-10-8-6-4-2/h25-26,50-52,54-57,59-60,62-63H,3-24,27-49H2,1-2H3,(H,58,61)(H,64,65,66)/b26-25-. The van der Waals surface area contributed by atoms with E-state index in [1.165, 1.54) is 212 Å². The van der Waals surface area contributed by atoms with Crippen LogP contribution >= 0.6 is 0 Å². The number of allylic oxidation sites excluding steroid dienone is 2. The van der Waals surface area contributed by atoms with Crippen molar-refractivity contribution in [2.24, 2.45) is 0 Å². The van der Waals surface area contributed by atoms with Gasteiger partial charge in [0.05, 0.1) is 25.4 Å². The van der Waals surface area contributed by atoms with Gasteiger partial charge in [-0.2, -0.15) is 8.42 Å². The summed E-state index contributed by atoms with van der Waals surface area (Å²) in [4.78, 5) is 13.1. The number of rotatable bonds is 52. The molecule has 1 aliphatic heterocycles. The van der Waals surface area contributed by atoms with Crippen LogP contribution in [0.4, 0.5) is 0 Å². The Morgan fingerprint density at radius 3 is 1.29 bits per heavy atom. The van der Waals surface area contributed by atoms with E-state index in [1.54, 1.807) is 0 Å². The largest absolute Gasteiger partial charge is 0.397 e. The fourth-order valence-corrected chi connectivity index (χ4v) is 10.3. The Bertz CT molecular complexity index is 1290. The van der Waals surface area contributed by atoms with Gasteiger partial charge in [0.2, 0.25) is 5.91 Å². The third-order valence-electron chi connectivity index (χ3n) is 14.3. The van der Waals surface area contributed by atoms with Crippen molar-refractivity contribution in [2.45, 2.75) is 333 Å². The molecule has 0 aromatic carbocycles. The molecule has 1 rings (SSSR count). The molecule has 1 heterocycles. The Hall–Kier alpha value is -1.16. The van der Waals surface area contributed by atoms with Gasteiger partial charge in [-0.1, -0.05) is 257 Å². The van der Waals surface area contributed by atoms with Gasteiger partial charge in [-0.3, -0.25) is 9.35 Å². The van der Waals surface area contributed by atoms with E-state index in [0.717, 1.165) is 51.4 Å². The fourth-order valence-electron chi connectivity index (χ4n) is 9.75. The molecule has 0 radical (unpaired) electrons. The first-order valence-electron chi connectivity index (χ1n) is 29.6. The maximum absolute atomic E-state index is 13.1. The second kappa shape index (κ2) is 47.5. The van der Waals surface area contributed by atoms with Crippen LogP contribution in [0.3, 0.4) is 0 Å². The lowest BCUT2D eigenvalue weighted by Gasteiger charge is -2.41. The maximum Gasteiger partial charge on any atom is 0.397 e. The molecular formula is C57H111NO11S. The number of ether oxygens (including phenoxy) is 2. The van der Waals surface area contributed by atoms with E-state index in [9.17, 15) is 38.2 Å². The minimum absolute atomic E-state index is 0.226. The smallest absolute Gasteiger partial charge is 0.394 e. The zero-order valence-corrected chi connectivity index (χ0v) is 45.9. The molecular weight excluding hydrogens is 907 g/mol. The first-order valence-corrected chi connectivity index (χ1v) is 30.9. The summed E-state index contributed by atoms with van der Waals surface area (Å²) in [5, 5.41) is 45.1. The van der Waals surface area contributed by atoms with E-state index in [4.69, 9.17) is 9.47 Å². The third-order valence-corrected chi connectivity index (χ3v) is 14.8. The van der Waals surface area contributed by atoms with E-state index < -0.39 is 59.9 Å². The lowest BCUT2D eigenvalue weighted by Crippen LogP contribution is -2.61. The van der Waals surface area contributed by atoms with Crippen LogP contribution in [0.2, 0.25) is 0 Å². The van der Waals surface area contributed by atoms with Crippen molar-refractivity contribution < 1.29 is 51.8 Å². The summed E-state index contributed by atoms with van der Waals surface area (Å²) in [5.74, 6) is -0.226. The molecule has 1 amide bonds. The summed E-state index contributed by atoms with van der Waals surface area (Å²) in [6.07, 6.45) is 47.9. The SMILES string of the molecule is CCCCCCCCCCCCCC/C=C\CCCCCCCCCCCCCC(=O)NC(COC1OC(CO)C(O)C(OS(=O)(=O)O)C1O)C(O)CCCCCCCCCCCCCCCCCC. The van der Waals surface area contributed by atoms with E-state index in [-0.39, 0.29) is 12.5 Å². The first kappa shape index (κ1) is 66.9. The average molecular weight is 1020 g/mol. The molecule has 13 heteroatoms. The number of aliphatic hydroxyl groups is 4. The molecule has 0 aliphatic carbocycles. The van der Waals surface area contributed by atoms with Crippen LogP contribution < -0.4 is 5.32 Å². The Morgan fingerprint density at radius 1 is 0.557 bits per heavy atom. The number of carbonyl (C=O) groups is 1. The molecule has 0 aromatic heterocycles. The molecule has 0 bridgehead atoms. The van der Waals surface area contributed by atoms with Crippen LogP contribution in [0, 0.1) is 0 Å². The first-order chi connectivity index (χ1) is 34.0. The van der Waals surface area contributed by atoms with Crippen LogP contribution in [0.1, 0.15) is 290 Å². The lowest BCUT2D eigenvalue weighted by molar-refractivity contribution is -0.298. The van der Waals surface area contributed by atoms with Crippen molar-refractivity contribution in [3.05, 3.63) is 12.2 Å². The molecule has 0 aromatic rings. The highest BCUT2D eigenvalue weighted by atomic mass is 32.3. The van der Waals surface area contributed by atoms with Crippen LogP contribution in [-0.2, 0) is 28.9 Å². The van der Waals surface area contributed by atoms with Crippen molar-refractivity contribution in [3.63, 3.8) is 0 Å². The second-order valence-electron chi connectivity index (χ2n) is 20.9. The van der Waals surface area contributed by atoms with Crippen LogP contribution in [0.15, 0.2) is 12.2 Å². The predicted molar refractivity (Wildman–Crippen MR) is 287 cm³/mol. The molecule has 1 saturated heterocycles. The van der Waals surface area contributed by atoms with Gasteiger partial charge in [0, 0.05) is 6.42 Å². The molecule has 7 atom stereocenters. The highest BCUT2D eigenvalue weighted by Crippen LogP contribution is 2.26. The summed E-state index contributed by atoms with van der Waals surface area (Å²) in [5.41, 5.74) is 0. The highest BCUT2D eigenvalue weighted by molar-refractivity contribution is 7.80. The summed E-state index contributed by atoms with van der Waals surface area (Å²) >= 11 is 0. The van der Waals surface area contributed by atoms with Gasteiger partial charge in [0.15, 0.2) is 6.29 Å². The Kier molecular flexibility index (Phi) is 45.4. The number of nitrogens with one attached hydrogen (secondary N) is 1. The van der Waals surface area contributed by atoms with Crippen molar-refractivity contribution >= 4 is 16.3 Å². The van der Waals surface area contributed by atoms with Gasteiger partial charge in [-0.15, -0.1) is 0 Å². The van der Waals surface area contributed by atoms with Crippen molar-refractivity contribution in [2.75, 3.05) is 13.2 Å². The summed E-state index contributed by atoms with van der Waals surface area (Å²) < 4.78 is 47.9. The zero-order valence-electron chi connectivity index (χ0n) is 45.1. The van der Waals surface area contributed by atoms with Gasteiger partial charge in [-0.25, -0.2) is 4.18 Å². The van der Waals surface area contributed by atoms with Gasteiger partial charge < -0.3 is 35.2 Å². The number of hydrogen-bond acceptors (Lipinski definition) is 10. The summed E-state index contributed by atoms with van der Waals surface area (Å²) in [6.45, 7) is 3.49. The zero-order chi connectivity index (χ0) is 51.2. The van der Waals surface area contributed by atoms with E-state index in [2.05, 4.69) is 35.5 Å². The molecule has 6 N–H and O–H groups in total. The van der Waals surface area contributed by atoms with Gasteiger partial charge in [0.1, 0.15) is 24.4 Å². The molecule has 70 heavy (non-hydrogen) atoms. The van der Waals surface area contributed by atoms with Crippen molar-refractivity contribution in [1.29, 1.82) is 0 Å². The number of aliphatic hydroxyl groups excluding tert-OH is 4. The summed E-state index contributed by atoms with van der Waals surface area (Å²) in [6, 6.07) is -0.856.